The number of anilines is 3. The third-order valence-electron chi connectivity index (χ3n) is 4.19. The maximum absolute atomic E-state index is 14.6. The van der Waals surface area contributed by atoms with Gasteiger partial charge in [0.1, 0.15) is 22.9 Å². The number of allylic oxidation sites excluding steroid dienone is 1. The van der Waals surface area contributed by atoms with Crippen LogP contribution in [0.2, 0.25) is 0 Å². The lowest BCUT2D eigenvalue weighted by Crippen LogP contribution is -2.36. The highest BCUT2D eigenvalue weighted by atomic mass is 127. The van der Waals surface area contributed by atoms with Gasteiger partial charge in [-0.2, -0.15) is 0 Å². The molecule has 0 aliphatic rings. The largest absolute Gasteiger partial charge is 0.494 e. The molecular weight excluding hydrogens is 520 g/mol. The van der Waals surface area contributed by atoms with Gasteiger partial charge >= 0.3 is 0 Å². The van der Waals surface area contributed by atoms with Crippen LogP contribution in [0.25, 0.3) is 0 Å². The average molecular weight is 540 g/mol. The van der Waals surface area contributed by atoms with Gasteiger partial charge in [-0.25, -0.2) is 21.6 Å². The van der Waals surface area contributed by atoms with Crippen molar-refractivity contribution in [2.75, 3.05) is 17.1 Å². The van der Waals surface area contributed by atoms with Gasteiger partial charge in [-0.15, -0.1) is 6.58 Å². The van der Waals surface area contributed by atoms with Crippen LogP contribution in [0.5, 0.6) is 5.75 Å². The van der Waals surface area contributed by atoms with Crippen LogP contribution in [-0.2, 0) is 10.0 Å². The van der Waals surface area contributed by atoms with Crippen molar-refractivity contribution in [3.63, 3.8) is 0 Å². The van der Waals surface area contributed by atoms with Gasteiger partial charge in [0.05, 0.1) is 17.5 Å². The predicted octanol–water partition coefficient (Wildman–Crippen LogP) is 5.56. The van der Waals surface area contributed by atoms with Crippen molar-refractivity contribution in [1.82, 2.24) is 0 Å². The van der Waals surface area contributed by atoms with Gasteiger partial charge in [0.2, 0.25) is 10.0 Å². The highest BCUT2D eigenvalue weighted by molar-refractivity contribution is 14.1. The molecule has 0 saturated carbocycles. The van der Waals surface area contributed by atoms with E-state index in [0.29, 0.717) is 9.64 Å². The molecule has 0 saturated heterocycles. The molecule has 0 amide bonds. The molecule has 0 radical (unpaired) electrons. The molecule has 29 heavy (non-hydrogen) atoms. The quantitative estimate of drug-likeness (QED) is 0.340. The van der Waals surface area contributed by atoms with Crippen molar-refractivity contribution < 1.29 is 26.3 Å². The number of benzene rings is 2. The summed E-state index contributed by atoms with van der Waals surface area (Å²) in [5.41, 5.74) is -1.14. The van der Waals surface area contributed by atoms with Crippen LogP contribution in [0.15, 0.2) is 36.9 Å². The van der Waals surface area contributed by atoms with Crippen LogP contribution in [0, 0.1) is 21.0 Å². The number of ether oxygens (including phenoxy) is 1. The molecule has 2 aromatic carbocycles. The van der Waals surface area contributed by atoms with Crippen LogP contribution in [-0.4, -0.2) is 20.3 Å². The van der Waals surface area contributed by atoms with Gasteiger partial charge in [-0.3, -0.25) is 4.72 Å². The second kappa shape index (κ2) is 8.82. The normalized spacial score (nSPS) is 11.8. The number of hydrogen-bond donors (Lipinski definition) is 2. The van der Waals surface area contributed by atoms with Gasteiger partial charge in [0.25, 0.3) is 0 Å². The molecule has 0 aliphatic heterocycles. The Morgan fingerprint density at radius 2 is 1.83 bits per heavy atom. The number of sulfonamides is 1. The predicted molar refractivity (Wildman–Crippen MR) is 117 cm³/mol. The van der Waals surface area contributed by atoms with Crippen molar-refractivity contribution >= 4 is 49.7 Å². The fraction of sp³-hybridized carbons (Fsp3) is 0.263. The van der Waals surface area contributed by atoms with E-state index in [9.17, 15) is 21.6 Å². The topological polar surface area (TPSA) is 67.4 Å². The van der Waals surface area contributed by atoms with Crippen LogP contribution < -0.4 is 14.8 Å². The Labute approximate surface area is 181 Å². The van der Waals surface area contributed by atoms with E-state index in [2.05, 4.69) is 16.6 Å². The van der Waals surface area contributed by atoms with Crippen molar-refractivity contribution in [2.45, 2.75) is 25.0 Å². The molecule has 0 aliphatic carbocycles. The molecule has 158 valence electrons. The highest BCUT2D eigenvalue weighted by Crippen LogP contribution is 2.41. The number of methoxy groups -OCH3 is 1. The zero-order valence-corrected chi connectivity index (χ0v) is 18.9. The van der Waals surface area contributed by atoms with E-state index in [-0.39, 0.29) is 23.5 Å². The van der Waals surface area contributed by atoms with Crippen LogP contribution in [0.4, 0.5) is 30.2 Å². The van der Waals surface area contributed by atoms with Crippen molar-refractivity contribution in [3.8, 4) is 5.75 Å². The fourth-order valence-corrected chi connectivity index (χ4v) is 3.98. The highest BCUT2D eigenvalue weighted by Gasteiger charge is 2.35. The molecule has 5 nitrogen and oxygen atoms in total. The molecule has 0 bridgehead atoms. The van der Waals surface area contributed by atoms with Gasteiger partial charge in [-0.1, -0.05) is 6.08 Å². The molecule has 0 unspecified atom stereocenters. The van der Waals surface area contributed by atoms with E-state index >= 15 is 0 Å². The smallest absolute Gasteiger partial charge is 0.238 e. The van der Waals surface area contributed by atoms with E-state index < -0.39 is 37.9 Å². The Kier molecular flexibility index (Phi) is 7.10. The lowest BCUT2D eigenvalue weighted by atomic mass is 10.1. The number of hydrogen-bond acceptors (Lipinski definition) is 4. The van der Waals surface area contributed by atoms with E-state index in [1.807, 2.05) is 22.6 Å². The van der Waals surface area contributed by atoms with Crippen molar-refractivity contribution in [2.24, 2.45) is 0 Å². The van der Waals surface area contributed by atoms with E-state index in [4.69, 9.17) is 4.74 Å². The van der Waals surface area contributed by atoms with Gasteiger partial charge < -0.3 is 10.1 Å². The fourth-order valence-electron chi connectivity index (χ4n) is 2.44. The van der Waals surface area contributed by atoms with Crippen LogP contribution in [0.1, 0.15) is 20.3 Å². The first kappa shape index (κ1) is 23.3. The molecule has 0 aromatic heterocycles. The molecule has 0 fully saturated rings. The maximum atomic E-state index is 14.6. The Morgan fingerprint density at radius 3 is 2.38 bits per heavy atom. The molecular formula is C19H20F3IN2O3S. The number of nitrogens with one attached hydrogen (secondary N) is 2. The summed E-state index contributed by atoms with van der Waals surface area (Å²) in [6, 6.07) is 4.78. The third-order valence-corrected chi connectivity index (χ3v) is 6.96. The minimum absolute atomic E-state index is 0.100. The SMILES string of the molecule is C=CCC(C)(C)S(=O)(=O)Nc1c(OC)cc(F)c(F)c1Nc1ccc(I)cc1F. The summed E-state index contributed by atoms with van der Waals surface area (Å²) in [7, 11) is -2.92. The summed E-state index contributed by atoms with van der Waals surface area (Å²) in [4.78, 5) is 0. The number of rotatable bonds is 8. The Hall–Kier alpha value is -1.95. The van der Waals surface area contributed by atoms with Gasteiger partial charge in [-0.05, 0) is 61.1 Å². The third kappa shape index (κ3) is 4.97. The summed E-state index contributed by atoms with van der Waals surface area (Å²) in [6.45, 7) is 6.44. The molecule has 0 atom stereocenters. The molecule has 0 heterocycles. The van der Waals surface area contributed by atoms with Gasteiger partial charge in [0.15, 0.2) is 11.6 Å². The summed E-state index contributed by atoms with van der Waals surface area (Å²) in [5.74, 6) is -3.66. The average Bonchev–Trinajstić information content (AvgIpc) is 2.62. The molecule has 2 aromatic rings. The summed E-state index contributed by atoms with van der Waals surface area (Å²) < 4.78 is 75.3. The minimum atomic E-state index is -4.09. The Balaban J connectivity index is 2.64. The maximum Gasteiger partial charge on any atom is 0.238 e. The van der Waals surface area contributed by atoms with Gasteiger partial charge in [0, 0.05) is 9.64 Å². The minimum Gasteiger partial charge on any atom is -0.494 e. The molecule has 0 spiro atoms. The second-order valence-electron chi connectivity index (χ2n) is 6.73. The Bertz CT molecular complexity index is 1040. The second-order valence-corrected chi connectivity index (χ2v) is 10.3. The zero-order chi connectivity index (χ0) is 22.0. The summed E-state index contributed by atoms with van der Waals surface area (Å²) in [6.07, 6.45) is 1.53. The van der Waals surface area contributed by atoms with E-state index in [1.54, 1.807) is 6.07 Å². The zero-order valence-electron chi connectivity index (χ0n) is 15.9. The van der Waals surface area contributed by atoms with E-state index in [0.717, 1.165) is 0 Å². The van der Waals surface area contributed by atoms with Crippen LogP contribution in [0.3, 0.4) is 0 Å². The van der Waals surface area contributed by atoms with Crippen LogP contribution >= 0.6 is 22.6 Å². The first-order valence-corrected chi connectivity index (χ1v) is 10.9. The standard InChI is InChI=1S/C19H20F3IN2O3S/c1-5-8-19(2,3)29(26,27)25-17-15(28-4)10-13(21)16(22)18(17)24-14-7-6-11(23)9-12(14)20/h5-7,9-10,24-25H,1,8H2,2-4H3. The monoisotopic (exact) mass is 540 g/mol. The number of halogens is 4. The summed E-state index contributed by atoms with van der Waals surface area (Å²) in [5, 5.41) is 2.44. The molecule has 10 heteroatoms. The van der Waals surface area contributed by atoms with E-state index in [1.165, 1.54) is 39.2 Å². The first-order chi connectivity index (χ1) is 13.4. The lowest BCUT2D eigenvalue weighted by Gasteiger charge is -2.26. The first-order valence-electron chi connectivity index (χ1n) is 8.35. The lowest BCUT2D eigenvalue weighted by molar-refractivity contribution is 0.409. The van der Waals surface area contributed by atoms with Crippen molar-refractivity contribution in [3.05, 3.63) is 57.9 Å². The van der Waals surface area contributed by atoms with Crippen molar-refractivity contribution in [1.29, 1.82) is 0 Å². The Morgan fingerprint density at radius 1 is 1.17 bits per heavy atom. The summed E-state index contributed by atoms with van der Waals surface area (Å²) >= 11 is 1.90. The molecule has 2 rings (SSSR count). The molecule has 2 N–H and O–H groups in total.